The Hall–Kier alpha value is -2.53. The number of carbonyl (C=O) groups excluding carboxylic acids is 3. The van der Waals surface area contributed by atoms with E-state index in [4.69, 9.17) is 25.3 Å². The fraction of sp³-hybridized carbons (Fsp3) is 0.606. The molecule has 11 heteroatoms. The number of aliphatic hydroxyl groups is 1. The maximum absolute atomic E-state index is 14.4. The van der Waals surface area contributed by atoms with E-state index in [2.05, 4.69) is 0 Å². The highest BCUT2D eigenvalue weighted by Gasteiger charge is 2.76. The van der Waals surface area contributed by atoms with Crippen molar-refractivity contribution < 1.29 is 41.6 Å². The number of ketones is 2. The summed E-state index contributed by atoms with van der Waals surface area (Å²) in [6.07, 6.45) is 4.76. The van der Waals surface area contributed by atoms with E-state index in [9.17, 15) is 27.9 Å². The van der Waals surface area contributed by atoms with Crippen LogP contribution in [0.15, 0.2) is 53.0 Å². The van der Waals surface area contributed by atoms with E-state index in [1.54, 1.807) is 31.2 Å². The maximum Gasteiger partial charge on any atom is 0.509 e. The van der Waals surface area contributed by atoms with Gasteiger partial charge in [0.2, 0.25) is 5.78 Å². The van der Waals surface area contributed by atoms with Gasteiger partial charge in [0.05, 0.1) is 22.5 Å². The third kappa shape index (κ3) is 4.79. The van der Waals surface area contributed by atoms with Gasteiger partial charge in [-0.05, 0) is 75.1 Å². The Balaban J connectivity index is 1.54. The van der Waals surface area contributed by atoms with Gasteiger partial charge in [-0.1, -0.05) is 57.0 Å². The standard InChI is InChI=1S/C33H41ClO9S/c1-6-15-41-29(38)43-33(28(37)19-42-44(39,40)24-10-7-20(2)8-11-24)21(3)16-26-25-12-9-22-17-23(35)13-14-30(22,4)32(25,34)27(36)18-31(26,33)5/h7-8,10-11,13-14,17,21,25-27,36H,6,9,12,15-16,18-19H2,1-5H3/t21-,25+,26+,27?,30+,31+,32+,33+/m1/s1. The fourth-order valence-corrected chi connectivity index (χ4v) is 10.1. The van der Waals surface area contributed by atoms with Crippen LogP contribution in [-0.4, -0.2) is 61.0 Å². The summed E-state index contributed by atoms with van der Waals surface area (Å²) < 4.78 is 42.7. The Kier molecular flexibility index (Phi) is 8.49. The van der Waals surface area contributed by atoms with E-state index in [0.717, 1.165) is 11.1 Å². The number of fused-ring (bicyclic) bond motifs is 5. The van der Waals surface area contributed by atoms with Gasteiger partial charge >= 0.3 is 6.16 Å². The van der Waals surface area contributed by atoms with E-state index in [0.29, 0.717) is 25.7 Å². The normalized spacial score (nSPS) is 37.8. The molecular weight excluding hydrogens is 608 g/mol. The van der Waals surface area contributed by atoms with Crippen LogP contribution in [0.3, 0.4) is 0 Å². The molecule has 0 heterocycles. The molecule has 0 aliphatic heterocycles. The number of aryl methyl sites for hydroxylation is 1. The third-order valence-electron chi connectivity index (χ3n) is 10.9. The SMILES string of the molecule is CCCOC(=O)O[C@]1(C(=O)COS(=O)(=O)c2ccc(C)cc2)[C@H](C)C[C@H]2[C@@H]3CCC4=CC(=O)C=C[C@]4(C)[C@@]3(Cl)C(O)C[C@@]21C. The number of allylic oxidation sites excluding steroid dienone is 4. The van der Waals surface area contributed by atoms with Crippen molar-refractivity contribution in [2.24, 2.45) is 28.6 Å². The van der Waals surface area contributed by atoms with Gasteiger partial charge < -0.3 is 14.6 Å². The number of benzene rings is 1. The van der Waals surface area contributed by atoms with Crippen LogP contribution in [0.5, 0.6) is 0 Å². The summed E-state index contributed by atoms with van der Waals surface area (Å²) in [5.41, 5.74) is -2.09. The molecule has 0 amide bonds. The molecule has 0 spiro atoms. The molecule has 3 saturated carbocycles. The van der Waals surface area contributed by atoms with Crippen molar-refractivity contribution in [3.8, 4) is 0 Å². The first-order valence-corrected chi connectivity index (χ1v) is 17.0. The number of alkyl halides is 1. The molecule has 4 aliphatic carbocycles. The largest absolute Gasteiger partial charge is 0.509 e. The van der Waals surface area contributed by atoms with Crippen molar-refractivity contribution >= 4 is 39.4 Å². The van der Waals surface area contributed by atoms with Crippen LogP contribution in [0.1, 0.15) is 65.4 Å². The van der Waals surface area contributed by atoms with Gasteiger partial charge in [0.25, 0.3) is 10.1 Å². The quantitative estimate of drug-likeness (QED) is 0.222. The molecule has 9 nitrogen and oxygen atoms in total. The minimum absolute atomic E-state index is 0.00975. The van der Waals surface area contributed by atoms with Gasteiger partial charge in [-0.2, -0.15) is 8.42 Å². The maximum atomic E-state index is 14.4. The first-order valence-electron chi connectivity index (χ1n) is 15.2. The highest BCUT2D eigenvalue weighted by atomic mass is 35.5. The zero-order chi connectivity index (χ0) is 32.3. The van der Waals surface area contributed by atoms with Crippen molar-refractivity contribution in [3.05, 3.63) is 53.6 Å². The molecule has 0 saturated heterocycles. The Morgan fingerprint density at radius 1 is 1.14 bits per heavy atom. The Morgan fingerprint density at radius 3 is 2.48 bits per heavy atom. The highest BCUT2D eigenvalue weighted by molar-refractivity contribution is 7.86. The second-order valence-corrected chi connectivity index (χ2v) is 15.5. The highest BCUT2D eigenvalue weighted by Crippen LogP contribution is 2.72. The van der Waals surface area contributed by atoms with E-state index in [1.807, 2.05) is 27.7 Å². The molecule has 0 radical (unpaired) electrons. The van der Waals surface area contributed by atoms with Crippen LogP contribution in [0, 0.1) is 35.5 Å². The summed E-state index contributed by atoms with van der Waals surface area (Å²) in [6, 6.07) is 6.05. The number of rotatable bonds is 8. The number of aliphatic hydroxyl groups excluding tert-OH is 1. The molecule has 1 aromatic carbocycles. The molecule has 1 unspecified atom stereocenters. The minimum Gasteiger partial charge on any atom is -0.434 e. The zero-order valence-electron chi connectivity index (χ0n) is 25.8. The van der Waals surface area contributed by atoms with Crippen LogP contribution in [0.4, 0.5) is 4.79 Å². The molecule has 0 aromatic heterocycles. The summed E-state index contributed by atoms with van der Waals surface area (Å²) in [6.45, 7) is 8.39. The first-order chi connectivity index (χ1) is 20.6. The monoisotopic (exact) mass is 648 g/mol. The average Bonchev–Trinajstić information content (AvgIpc) is 3.18. The Morgan fingerprint density at radius 2 is 1.82 bits per heavy atom. The molecule has 0 bridgehead atoms. The predicted octanol–water partition coefficient (Wildman–Crippen LogP) is 5.46. The average molecular weight is 649 g/mol. The van der Waals surface area contributed by atoms with Gasteiger partial charge in [0.15, 0.2) is 11.4 Å². The van der Waals surface area contributed by atoms with Crippen molar-refractivity contribution in [2.75, 3.05) is 13.2 Å². The fourth-order valence-electron chi connectivity index (χ4n) is 8.76. The molecular formula is C33H41ClO9S. The van der Waals surface area contributed by atoms with Crippen LogP contribution in [-0.2, 0) is 33.4 Å². The summed E-state index contributed by atoms with van der Waals surface area (Å²) in [5, 5.41) is 12.0. The smallest absolute Gasteiger partial charge is 0.434 e. The van der Waals surface area contributed by atoms with E-state index >= 15 is 0 Å². The number of halogens is 1. The second kappa shape index (κ2) is 11.4. The van der Waals surface area contributed by atoms with Gasteiger partial charge in [-0.3, -0.25) is 13.8 Å². The van der Waals surface area contributed by atoms with Gasteiger partial charge in [-0.15, -0.1) is 11.6 Å². The molecule has 8 atom stereocenters. The summed E-state index contributed by atoms with van der Waals surface area (Å²) in [7, 11) is -4.31. The number of carbonyl (C=O) groups is 3. The van der Waals surface area contributed by atoms with Gasteiger partial charge in [0, 0.05) is 16.7 Å². The van der Waals surface area contributed by atoms with Crippen molar-refractivity contribution in [2.45, 2.75) is 88.2 Å². The van der Waals surface area contributed by atoms with Crippen LogP contribution >= 0.6 is 11.6 Å². The topological polar surface area (TPSA) is 133 Å². The van der Waals surface area contributed by atoms with Gasteiger partial charge in [0.1, 0.15) is 6.61 Å². The van der Waals surface area contributed by atoms with Gasteiger partial charge in [-0.25, -0.2) is 4.79 Å². The lowest BCUT2D eigenvalue weighted by Gasteiger charge is -2.64. The predicted molar refractivity (Wildman–Crippen MR) is 162 cm³/mol. The lowest BCUT2D eigenvalue weighted by molar-refractivity contribution is -0.184. The Bertz CT molecular complexity index is 1520. The first kappa shape index (κ1) is 32.9. The molecule has 1 aromatic rings. The number of ether oxygens (including phenoxy) is 2. The second-order valence-electron chi connectivity index (χ2n) is 13.3. The lowest BCUT2D eigenvalue weighted by atomic mass is 9.45. The summed E-state index contributed by atoms with van der Waals surface area (Å²) in [5.74, 6) is -2.03. The van der Waals surface area contributed by atoms with E-state index in [1.165, 1.54) is 18.2 Å². The molecule has 44 heavy (non-hydrogen) atoms. The number of Topliss-reactive ketones (excluding diaryl/α,β-unsaturated/α-hetero) is 1. The van der Waals surface area contributed by atoms with Crippen molar-refractivity contribution in [3.63, 3.8) is 0 Å². The number of hydrogen-bond donors (Lipinski definition) is 1. The zero-order valence-corrected chi connectivity index (χ0v) is 27.4. The summed E-state index contributed by atoms with van der Waals surface area (Å²) in [4.78, 5) is 38.4. The minimum atomic E-state index is -4.31. The Labute approximate surface area is 264 Å². The third-order valence-corrected chi connectivity index (χ3v) is 13.1. The molecule has 240 valence electrons. The van der Waals surface area contributed by atoms with Crippen LogP contribution < -0.4 is 0 Å². The van der Waals surface area contributed by atoms with E-state index < -0.39 is 62.0 Å². The van der Waals surface area contributed by atoms with Crippen LogP contribution in [0.25, 0.3) is 0 Å². The molecule has 3 fully saturated rings. The molecule has 4 aliphatic rings. The summed E-state index contributed by atoms with van der Waals surface area (Å²) >= 11 is 7.54. The van der Waals surface area contributed by atoms with E-state index in [-0.39, 0.29) is 35.5 Å². The molecule has 1 N–H and O–H groups in total. The van der Waals surface area contributed by atoms with Crippen molar-refractivity contribution in [1.29, 1.82) is 0 Å². The number of hydrogen-bond acceptors (Lipinski definition) is 9. The van der Waals surface area contributed by atoms with Crippen molar-refractivity contribution in [1.82, 2.24) is 0 Å². The van der Waals surface area contributed by atoms with Crippen LogP contribution in [0.2, 0.25) is 0 Å². The molecule has 5 rings (SSSR count). The lowest BCUT2D eigenvalue weighted by Crippen LogP contribution is -2.69.